The van der Waals surface area contributed by atoms with E-state index in [9.17, 15) is 4.79 Å². The van der Waals surface area contributed by atoms with Crippen molar-refractivity contribution >= 4 is 5.97 Å². The maximum Gasteiger partial charge on any atom is 0.305 e. The first-order chi connectivity index (χ1) is 7.72. The molecule has 0 spiro atoms. The highest BCUT2D eigenvalue weighted by Gasteiger charge is 1.97. The average Bonchev–Trinajstić information content (AvgIpc) is 2.28. The van der Waals surface area contributed by atoms with Gasteiger partial charge in [-0.05, 0) is 13.3 Å². The zero-order chi connectivity index (χ0) is 12.6. The molecule has 0 bridgehead atoms. The van der Waals surface area contributed by atoms with Crippen LogP contribution in [0.1, 0.15) is 19.8 Å². The SMILES string of the molecule is CCOC(=O)CCCO.OCCOCCO. The first-order valence-electron chi connectivity index (χ1n) is 5.28. The summed E-state index contributed by atoms with van der Waals surface area (Å²) in [5, 5.41) is 24.4. The van der Waals surface area contributed by atoms with Gasteiger partial charge in [0.2, 0.25) is 0 Å². The monoisotopic (exact) mass is 238 g/mol. The average molecular weight is 238 g/mol. The smallest absolute Gasteiger partial charge is 0.305 e. The number of ether oxygens (including phenoxy) is 2. The molecule has 0 rings (SSSR count). The van der Waals surface area contributed by atoms with Crippen molar-refractivity contribution in [3.63, 3.8) is 0 Å². The van der Waals surface area contributed by atoms with Gasteiger partial charge in [0.25, 0.3) is 0 Å². The first kappa shape index (κ1) is 17.7. The fourth-order valence-corrected chi connectivity index (χ4v) is 0.688. The summed E-state index contributed by atoms with van der Waals surface area (Å²) in [6, 6.07) is 0. The third kappa shape index (κ3) is 19.0. The van der Waals surface area contributed by atoms with Gasteiger partial charge >= 0.3 is 5.97 Å². The molecule has 0 saturated carbocycles. The van der Waals surface area contributed by atoms with E-state index in [-0.39, 0.29) is 25.8 Å². The van der Waals surface area contributed by atoms with E-state index in [0.717, 1.165) is 0 Å². The summed E-state index contributed by atoms with van der Waals surface area (Å²) < 4.78 is 9.23. The molecule has 0 unspecified atom stereocenters. The fraction of sp³-hybridized carbons (Fsp3) is 0.900. The summed E-state index contributed by atoms with van der Waals surface area (Å²) in [5.74, 6) is -0.230. The minimum Gasteiger partial charge on any atom is -0.466 e. The van der Waals surface area contributed by atoms with Gasteiger partial charge in [0, 0.05) is 13.0 Å². The van der Waals surface area contributed by atoms with E-state index in [2.05, 4.69) is 9.47 Å². The van der Waals surface area contributed by atoms with Crippen LogP contribution in [0.25, 0.3) is 0 Å². The van der Waals surface area contributed by atoms with Gasteiger partial charge in [-0.25, -0.2) is 0 Å². The summed E-state index contributed by atoms with van der Waals surface area (Å²) in [7, 11) is 0. The highest BCUT2D eigenvalue weighted by atomic mass is 16.5. The number of aliphatic hydroxyl groups excluding tert-OH is 3. The lowest BCUT2D eigenvalue weighted by atomic mass is 10.3. The maximum absolute atomic E-state index is 10.5. The molecule has 0 aromatic carbocycles. The standard InChI is InChI=1S/C6H12O3.C4H10O3/c1-2-9-6(8)4-3-5-7;5-1-3-7-4-2-6/h7H,2-5H2,1H3;5-6H,1-4H2. The third-order valence-electron chi connectivity index (χ3n) is 1.32. The number of carbonyl (C=O) groups excluding carboxylic acids is 1. The summed E-state index contributed by atoms with van der Waals surface area (Å²) in [6.07, 6.45) is 0.823. The summed E-state index contributed by atoms with van der Waals surface area (Å²) >= 11 is 0. The first-order valence-corrected chi connectivity index (χ1v) is 5.28. The van der Waals surface area contributed by atoms with Gasteiger partial charge in [-0.15, -0.1) is 0 Å². The Morgan fingerprint density at radius 1 is 1.06 bits per heavy atom. The van der Waals surface area contributed by atoms with Crippen molar-refractivity contribution in [2.24, 2.45) is 0 Å². The van der Waals surface area contributed by atoms with Crippen LogP contribution in [0.4, 0.5) is 0 Å². The van der Waals surface area contributed by atoms with Crippen molar-refractivity contribution in [1.82, 2.24) is 0 Å². The van der Waals surface area contributed by atoms with E-state index >= 15 is 0 Å². The topological polar surface area (TPSA) is 96.2 Å². The van der Waals surface area contributed by atoms with E-state index in [4.69, 9.17) is 15.3 Å². The molecule has 0 aliphatic rings. The molecule has 0 aliphatic carbocycles. The quantitative estimate of drug-likeness (QED) is 0.382. The van der Waals surface area contributed by atoms with Gasteiger partial charge in [-0.3, -0.25) is 4.79 Å². The van der Waals surface area contributed by atoms with E-state index in [0.29, 0.717) is 32.7 Å². The Bertz CT molecular complexity index is 135. The minimum atomic E-state index is -0.230. The number of hydrogen-bond acceptors (Lipinski definition) is 6. The van der Waals surface area contributed by atoms with Crippen LogP contribution in [-0.4, -0.2) is 60.9 Å². The second-order valence-electron chi connectivity index (χ2n) is 2.69. The highest BCUT2D eigenvalue weighted by Crippen LogP contribution is 1.90. The number of hydrogen-bond donors (Lipinski definition) is 3. The van der Waals surface area contributed by atoms with Crippen LogP contribution in [0.3, 0.4) is 0 Å². The lowest BCUT2D eigenvalue weighted by Crippen LogP contribution is -2.03. The van der Waals surface area contributed by atoms with Crippen molar-refractivity contribution in [3.8, 4) is 0 Å². The highest BCUT2D eigenvalue weighted by molar-refractivity contribution is 5.69. The van der Waals surface area contributed by atoms with Gasteiger partial charge in [-0.2, -0.15) is 0 Å². The van der Waals surface area contributed by atoms with Crippen molar-refractivity contribution in [2.45, 2.75) is 19.8 Å². The second kappa shape index (κ2) is 16.7. The van der Waals surface area contributed by atoms with Crippen molar-refractivity contribution in [2.75, 3.05) is 39.6 Å². The number of esters is 1. The van der Waals surface area contributed by atoms with Crippen LogP contribution in [-0.2, 0) is 14.3 Å². The molecule has 0 radical (unpaired) electrons. The summed E-state index contributed by atoms with van der Waals surface area (Å²) in [6.45, 7) is 2.93. The number of rotatable bonds is 8. The van der Waals surface area contributed by atoms with Crippen molar-refractivity contribution < 1.29 is 29.6 Å². The summed E-state index contributed by atoms with van der Waals surface area (Å²) in [4.78, 5) is 10.5. The number of carbonyl (C=O) groups is 1. The Balaban J connectivity index is 0. The Kier molecular flexibility index (Phi) is 18.5. The van der Waals surface area contributed by atoms with Crippen LogP contribution in [0.5, 0.6) is 0 Å². The van der Waals surface area contributed by atoms with Crippen molar-refractivity contribution in [3.05, 3.63) is 0 Å². The van der Waals surface area contributed by atoms with E-state index in [1.807, 2.05) is 0 Å². The molecule has 16 heavy (non-hydrogen) atoms. The van der Waals surface area contributed by atoms with Gasteiger partial charge in [0.05, 0.1) is 33.0 Å². The lowest BCUT2D eigenvalue weighted by Gasteiger charge is -1.97. The van der Waals surface area contributed by atoms with Crippen LogP contribution in [0.2, 0.25) is 0 Å². The maximum atomic E-state index is 10.5. The van der Waals surface area contributed by atoms with E-state index < -0.39 is 0 Å². The van der Waals surface area contributed by atoms with Crippen LogP contribution in [0, 0.1) is 0 Å². The molecular weight excluding hydrogens is 216 g/mol. The molecule has 3 N–H and O–H groups in total. The largest absolute Gasteiger partial charge is 0.466 e. The molecule has 6 heteroatoms. The normalized spacial score (nSPS) is 9.25. The Morgan fingerprint density at radius 3 is 2.00 bits per heavy atom. The van der Waals surface area contributed by atoms with Crippen LogP contribution in [0.15, 0.2) is 0 Å². The van der Waals surface area contributed by atoms with E-state index in [1.54, 1.807) is 6.92 Å². The Hall–Kier alpha value is -0.690. The zero-order valence-electron chi connectivity index (χ0n) is 9.72. The second-order valence-corrected chi connectivity index (χ2v) is 2.69. The molecule has 0 atom stereocenters. The predicted octanol–water partition coefficient (Wildman–Crippen LogP) is -0.690. The van der Waals surface area contributed by atoms with Gasteiger partial charge in [0.15, 0.2) is 0 Å². The Morgan fingerprint density at radius 2 is 1.62 bits per heavy atom. The summed E-state index contributed by atoms with van der Waals surface area (Å²) in [5.41, 5.74) is 0. The molecule has 0 fully saturated rings. The third-order valence-corrected chi connectivity index (χ3v) is 1.32. The zero-order valence-corrected chi connectivity index (χ0v) is 9.72. The molecule has 0 saturated heterocycles. The molecule has 0 heterocycles. The van der Waals surface area contributed by atoms with Gasteiger partial charge in [-0.1, -0.05) is 0 Å². The van der Waals surface area contributed by atoms with Crippen LogP contribution >= 0.6 is 0 Å². The molecule has 0 aromatic rings. The van der Waals surface area contributed by atoms with E-state index in [1.165, 1.54) is 0 Å². The fourth-order valence-electron chi connectivity index (χ4n) is 0.688. The number of aliphatic hydroxyl groups is 3. The molecule has 0 amide bonds. The molecule has 0 aromatic heterocycles. The van der Waals surface area contributed by atoms with Crippen molar-refractivity contribution in [1.29, 1.82) is 0 Å². The van der Waals surface area contributed by atoms with Gasteiger partial charge in [0.1, 0.15) is 0 Å². The Labute approximate surface area is 95.8 Å². The molecule has 98 valence electrons. The lowest BCUT2D eigenvalue weighted by molar-refractivity contribution is -0.143. The minimum absolute atomic E-state index is 0.0278. The molecule has 6 nitrogen and oxygen atoms in total. The van der Waals surface area contributed by atoms with Crippen LogP contribution < -0.4 is 0 Å². The van der Waals surface area contributed by atoms with Gasteiger partial charge < -0.3 is 24.8 Å². The molecular formula is C10H22O6. The molecule has 0 aliphatic heterocycles. The predicted molar refractivity (Wildman–Crippen MR) is 57.9 cm³/mol.